The van der Waals surface area contributed by atoms with Gasteiger partial charge in [0.15, 0.2) is 0 Å². The fourth-order valence-electron chi connectivity index (χ4n) is 0.697. The molecule has 0 aliphatic carbocycles. The third-order valence-electron chi connectivity index (χ3n) is 1.24. The first kappa shape index (κ1) is 9.67. The Labute approximate surface area is 86.4 Å². The molecule has 0 atom stereocenters. The van der Waals surface area contributed by atoms with Crippen LogP contribution in [0.1, 0.15) is 0 Å². The van der Waals surface area contributed by atoms with Gasteiger partial charge in [-0.25, -0.2) is 4.68 Å². The first-order chi connectivity index (χ1) is 5.66. The van der Waals surface area contributed by atoms with E-state index in [9.17, 15) is 4.79 Å². The Morgan fingerprint density at radius 1 is 1.67 bits per heavy atom. The van der Waals surface area contributed by atoms with E-state index >= 15 is 0 Å². The van der Waals surface area contributed by atoms with Gasteiger partial charge in [0, 0.05) is 0 Å². The maximum atomic E-state index is 11.4. The third kappa shape index (κ3) is 1.84. The number of allylic oxidation sites excluding steroid dienone is 1. The molecule has 64 valence electrons. The summed E-state index contributed by atoms with van der Waals surface area (Å²) in [5.74, 6) is 0. The molecule has 0 bridgehead atoms. The normalized spacial score (nSPS) is 9.83. The largest absolute Gasteiger partial charge is 0.282 e. The molecule has 12 heavy (non-hydrogen) atoms. The van der Waals surface area contributed by atoms with Gasteiger partial charge in [-0.1, -0.05) is 6.08 Å². The lowest BCUT2D eigenvalue weighted by Crippen LogP contribution is -2.22. The lowest BCUT2D eigenvalue weighted by molar-refractivity contribution is 0.645. The Hall–Kier alpha value is -0.420. The Morgan fingerprint density at radius 3 is 2.92 bits per heavy atom. The van der Waals surface area contributed by atoms with E-state index in [1.54, 1.807) is 12.3 Å². The number of hydrogen-bond acceptors (Lipinski definition) is 2. The van der Waals surface area contributed by atoms with E-state index in [-0.39, 0.29) is 5.56 Å². The minimum atomic E-state index is -0.163. The zero-order valence-corrected chi connectivity index (χ0v) is 9.30. The van der Waals surface area contributed by atoms with Crippen molar-refractivity contribution in [1.82, 2.24) is 9.78 Å². The van der Waals surface area contributed by atoms with E-state index in [1.807, 2.05) is 0 Å². The van der Waals surface area contributed by atoms with Gasteiger partial charge in [0.1, 0.15) is 4.47 Å². The van der Waals surface area contributed by atoms with Crippen molar-refractivity contribution in [1.29, 1.82) is 0 Å². The van der Waals surface area contributed by atoms with Gasteiger partial charge in [-0.05, 0) is 31.9 Å². The minimum absolute atomic E-state index is 0.163. The molecule has 1 heterocycles. The van der Waals surface area contributed by atoms with Gasteiger partial charge in [0.05, 0.1) is 17.2 Å². The molecule has 1 aromatic rings. The fraction of sp³-hybridized carbons (Fsp3) is 0.143. The second kappa shape index (κ2) is 4.00. The van der Waals surface area contributed by atoms with Gasteiger partial charge in [-0.15, -0.1) is 6.58 Å². The summed E-state index contributed by atoms with van der Waals surface area (Å²) in [7, 11) is 0. The van der Waals surface area contributed by atoms with Crippen LogP contribution < -0.4 is 5.56 Å². The van der Waals surface area contributed by atoms with Crippen LogP contribution in [-0.2, 0) is 6.54 Å². The second-order valence-electron chi connectivity index (χ2n) is 2.08. The molecule has 0 aliphatic rings. The van der Waals surface area contributed by atoms with Crippen molar-refractivity contribution >= 4 is 31.9 Å². The monoisotopic (exact) mass is 292 g/mol. The quantitative estimate of drug-likeness (QED) is 0.781. The summed E-state index contributed by atoms with van der Waals surface area (Å²) >= 11 is 6.33. The van der Waals surface area contributed by atoms with Crippen LogP contribution >= 0.6 is 31.9 Å². The average molecular weight is 294 g/mol. The van der Waals surface area contributed by atoms with Crippen LogP contribution in [0.5, 0.6) is 0 Å². The van der Waals surface area contributed by atoms with Crippen molar-refractivity contribution in [3.8, 4) is 0 Å². The van der Waals surface area contributed by atoms with Crippen molar-refractivity contribution in [2.75, 3.05) is 0 Å². The molecule has 0 saturated heterocycles. The molecule has 0 N–H and O–H groups in total. The highest BCUT2D eigenvalue weighted by Crippen LogP contribution is 2.16. The molecular weight excluding hydrogens is 288 g/mol. The molecule has 1 rings (SSSR count). The first-order valence-corrected chi connectivity index (χ1v) is 4.77. The average Bonchev–Trinajstić information content (AvgIpc) is 2.07. The van der Waals surface area contributed by atoms with E-state index in [1.165, 1.54) is 4.68 Å². The zero-order valence-electron chi connectivity index (χ0n) is 6.13. The Kier molecular flexibility index (Phi) is 3.22. The van der Waals surface area contributed by atoms with Gasteiger partial charge in [-0.2, -0.15) is 5.10 Å². The number of hydrogen-bond donors (Lipinski definition) is 0. The highest BCUT2D eigenvalue weighted by molar-refractivity contribution is 9.13. The zero-order chi connectivity index (χ0) is 9.14. The van der Waals surface area contributed by atoms with Gasteiger partial charge in [0.25, 0.3) is 5.56 Å². The fourth-order valence-corrected chi connectivity index (χ4v) is 1.27. The smallest absolute Gasteiger partial charge is 0.266 e. The topological polar surface area (TPSA) is 34.9 Å². The van der Waals surface area contributed by atoms with Crippen LogP contribution in [0.3, 0.4) is 0 Å². The van der Waals surface area contributed by atoms with Crippen molar-refractivity contribution in [3.63, 3.8) is 0 Å². The molecular formula is C7H6Br2N2O. The Bertz CT molecular complexity index is 359. The van der Waals surface area contributed by atoms with Crippen molar-refractivity contribution < 1.29 is 0 Å². The van der Waals surface area contributed by atoms with Crippen molar-refractivity contribution in [3.05, 3.63) is 38.2 Å². The van der Waals surface area contributed by atoms with Crippen molar-refractivity contribution in [2.45, 2.75) is 6.54 Å². The molecule has 0 spiro atoms. The van der Waals surface area contributed by atoms with Crippen LogP contribution in [0.2, 0.25) is 0 Å². The van der Waals surface area contributed by atoms with E-state index < -0.39 is 0 Å². The molecule has 1 aromatic heterocycles. The van der Waals surface area contributed by atoms with E-state index in [0.29, 0.717) is 15.5 Å². The highest BCUT2D eigenvalue weighted by atomic mass is 79.9. The minimum Gasteiger partial charge on any atom is -0.266 e. The van der Waals surface area contributed by atoms with Crippen LogP contribution in [0, 0.1) is 0 Å². The first-order valence-electron chi connectivity index (χ1n) is 3.19. The molecule has 0 radical (unpaired) electrons. The van der Waals surface area contributed by atoms with E-state index in [4.69, 9.17) is 0 Å². The SMILES string of the molecule is C=CCn1ncc(Br)c(Br)c1=O. The van der Waals surface area contributed by atoms with Gasteiger partial charge < -0.3 is 0 Å². The molecule has 0 fully saturated rings. The van der Waals surface area contributed by atoms with Gasteiger partial charge in [0.2, 0.25) is 0 Å². The van der Waals surface area contributed by atoms with Crippen LogP contribution in [0.4, 0.5) is 0 Å². The molecule has 0 aliphatic heterocycles. The summed E-state index contributed by atoms with van der Waals surface area (Å²) in [6.45, 7) is 3.94. The molecule has 5 heteroatoms. The van der Waals surface area contributed by atoms with Crippen LogP contribution in [0.25, 0.3) is 0 Å². The van der Waals surface area contributed by atoms with Crippen molar-refractivity contribution in [2.24, 2.45) is 0 Å². The maximum Gasteiger partial charge on any atom is 0.282 e. The van der Waals surface area contributed by atoms with E-state index in [2.05, 4.69) is 43.5 Å². The number of aromatic nitrogens is 2. The summed E-state index contributed by atoms with van der Waals surface area (Å²) in [6.07, 6.45) is 3.18. The number of nitrogens with zero attached hydrogens (tertiary/aromatic N) is 2. The molecule has 0 unspecified atom stereocenters. The summed E-state index contributed by atoms with van der Waals surface area (Å²) in [5, 5.41) is 3.88. The van der Waals surface area contributed by atoms with E-state index in [0.717, 1.165) is 0 Å². The Balaban J connectivity index is 3.26. The summed E-state index contributed by atoms with van der Waals surface area (Å²) < 4.78 is 2.47. The summed E-state index contributed by atoms with van der Waals surface area (Å²) in [4.78, 5) is 11.4. The second-order valence-corrected chi connectivity index (χ2v) is 3.73. The lowest BCUT2D eigenvalue weighted by atomic mass is 10.5. The van der Waals surface area contributed by atoms with Gasteiger partial charge >= 0.3 is 0 Å². The molecule has 0 aromatic carbocycles. The standard InChI is InChI=1S/C7H6Br2N2O/c1-2-3-11-7(12)6(9)5(8)4-10-11/h2,4H,1,3H2. The predicted octanol–water partition coefficient (Wildman–Crippen LogP) is 1.95. The van der Waals surface area contributed by atoms with Crippen LogP contribution in [-0.4, -0.2) is 9.78 Å². The van der Waals surface area contributed by atoms with Crippen LogP contribution in [0.15, 0.2) is 32.6 Å². The maximum absolute atomic E-state index is 11.4. The molecule has 0 saturated carbocycles. The third-order valence-corrected chi connectivity index (χ3v) is 3.14. The summed E-state index contributed by atoms with van der Waals surface area (Å²) in [5.41, 5.74) is -0.163. The lowest BCUT2D eigenvalue weighted by Gasteiger charge is -2.01. The molecule has 3 nitrogen and oxygen atoms in total. The predicted molar refractivity (Wildman–Crippen MR) is 54.1 cm³/mol. The summed E-state index contributed by atoms with van der Waals surface area (Å²) in [6, 6.07) is 0. The number of halogens is 2. The number of rotatable bonds is 2. The molecule has 0 amide bonds. The van der Waals surface area contributed by atoms with Gasteiger partial charge in [-0.3, -0.25) is 4.79 Å². The highest BCUT2D eigenvalue weighted by Gasteiger charge is 2.04. The Morgan fingerprint density at radius 2 is 2.33 bits per heavy atom.